The van der Waals surface area contributed by atoms with E-state index in [-0.39, 0.29) is 0 Å². The highest BCUT2D eigenvalue weighted by Gasteiger charge is 2.22. The van der Waals surface area contributed by atoms with Crippen molar-refractivity contribution in [3.05, 3.63) is 38.9 Å². The molecule has 0 amide bonds. The number of nitrogens with two attached hydrogens (primary N) is 1. The Morgan fingerprint density at radius 1 is 1.19 bits per heavy atom. The van der Waals surface area contributed by atoms with Crippen LogP contribution in [0.2, 0.25) is 10.0 Å². The maximum absolute atomic E-state index is 6.08. The van der Waals surface area contributed by atoms with Crippen LogP contribution in [0.3, 0.4) is 0 Å². The Bertz CT molecular complexity index is 826. The first-order chi connectivity index (χ1) is 9.97. The fourth-order valence-electron chi connectivity index (χ4n) is 2.13. The van der Waals surface area contributed by atoms with Crippen LogP contribution in [-0.2, 0) is 0 Å². The van der Waals surface area contributed by atoms with Crippen LogP contribution in [0.4, 0.5) is 5.82 Å². The molecule has 7 heteroatoms. The van der Waals surface area contributed by atoms with Crippen molar-refractivity contribution < 1.29 is 4.52 Å². The first-order valence-corrected chi connectivity index (χ1v) is 7.69. The molecule has 0 saturated heterocycles. The molecule has 0 spiro atoms. The number of thiazole rings is 1. The third kappa shape index (κ3) is 2.52. The van der Waals surface area contributed by atoms with E-state index in [2.05, 4.69) is 10.1 Å². The molecule has 0 bridgehead atoms. The molecular weight excluding hydrogens is 329 g/mol. The second kappa shape index (κ2) is 5.33. The zero-order valence-corrected chi connectivity index (χ0v) is 13.6. The largest absolute Gasteiger partial charge is 0.380 e. The number of nitrogens with zero attached hydrogens (tertiary/aromatic N) is 2. The summed E-state index contributed by atoms with van der Waals surface area (Å²) in [5.74, 6) is 0.919. The molecule has 0 saturated carbocycles. The maximum Gasteiger partial charge on any atom is 0.188 e. The Hall–Kier alpha value is -1.56. The molecule has 0 radical (unpaired) electrons. The van der Waals surface area contributed by atoms with Gasteiger partial charge in [-0.05, 0) is 31.5 Å². The molecule has 2 heterocycles. The van der Waals surface area contributed by atoms with E-state index < -0.39 is 0 Å². The average molecular weight is 340 g/mol. The number of aromatic nitrogens is 2. The van der Waals surface area contributed by atoms with Gasteiger partial charge in [0, 0.05) is 0 Å². The average Bonchev–Trinajstić information content (AvgIpc) is 2.95. The number of aryl methyl sites for hydroxylation is 2. The van der Waals surface area contributed by atoms with E-state index in [1.54, 1.807) is 12.1 Å². The minimum Gasteiger partial charge on any atom is -0.380 e. The molecule has 1 aromatic carbocycles. The van der Waals surface area contributed by atoms with Gasteiger partial charge >= 0.3 is 0 Å². The van der Waals surface area contributed by atoms with E-state index in [9.17, 15) is 0 Å². The fourth-order valence-corrected chi connectivity index (χ4v) is 3.33. The van der Waals surface area contributed by atoms with E-state index in [0.717, 1.165) is 21.1 Å². The molecule has 3 rings (SSSR count). The van der Waals surface area contributed by atoms with Crippen molar-refractivity contribution in [3.63, 3.8) is 0 Å². The van der Waals surface area contributed by atoms with E-state index in [1.165, 1.54) is 11.3 Å². The van der Waals surface area contributed by atoms with E-state index in [4.69, 9.17) is 33.5 Å². The molecule has 3 aromatic rings. The van der Waals surface area contributed by atoms with Gasteiger partial charge in [-0.3, -0.25) is 0 Å². The van der Waals surface area contributed by atoms with Gasteiger partial charge in [0.1, 0.15) is 0 Å². The van der Waals surface area contributed by atoms with Gasteiger partial charge < -0.3 is 10.3 Å². The number of anilines is 1. The summed E-state index contributed by atoms with van der Waals surface area (Å²) in [6, 6.07) is 5.31. The summed E-state index contributed by atoms with van der Waals surface area (Å²) in [5, 5.41) is 5.78. The lowest BCUT2D eigenvalue weighted by Crippen LogP contribution is -1.89. The van der Waals surface area contributed by atoms with Crippen molar-refractivity contribution in [2.45, 2.75) is 13.8 Å². The van der Waals surface area contributed by atoms with E-state index >= 15 is 0 Å². The van der Waals surface area contributed by atoms with Crippen molar-refractivity contribution in [3.8, 4) is 21.8 Å². The highest BCUT2D eigenvalue weighted by atomic mass is 35.5. The predicted molar refractivity (Wildman–Crippen MR) is 87.0 cm³/mol. The van der Waals surface area contributed by atoms with Crippen LogP contribution >= 0.6 is 34.5 Å². The predicted octanol–water partition coefficient (Wildman–Crippen LogP) is 4.97. The monoisotopic (exact) mass is 339 g/mol. The quantitative estimate of drug-likeness (QED) is 0.715. The number of hydrogen-bond acceptors (Lipinski definition) is 5. The first-order valence-electron chi connectivity index (χ1n) is 6.12. The Morgan fingerprint density at radius 3 is 2.57 bits per heavy atom. The molecule has 21 heavy (non-hydrogen) atoms. The lowest BCUT2D eigenvalue weighted by Gasteiger charge is -2.03. The molecule has 4 nitrogen and oxygen atoms in total. The first kappa shape index (κ1) is 14.4. The molecular formula is C14H11Cl2N3OS. The fraction of sp³-hybridized carbons (Fsp3) is 0.143. The molecule has 0 atom stereocenters. The normalized spacial score (nSPS) is 11.0. The summed E-state index contributed by atoms with van der Waals surface area (Å²) in [4.78, 5) is 5.32. The van der Waals surface area contributed by atoms with Crippen LogP contribution in [0.5, 0.6) is 0 Å². The lowest BCUT2D eigenvalue weighted by atomic mass is 10.0. The topological polar surface area (TPSA) is 64.9 Å². The molecule has 2 aromatic heterocycles. The smallest absolute Gasteiger partial charge is 0.188 e. The third-order valence-electron chi connectivity index (χ3n) is 3.04. The van der Waals surface area contributed by atoms with E-state index in [1.807, 2.05) is 19.9 Å². The van der Waals surface area contributed by atoms with Crippen LogP contribution < -0.4 is 5.73 Å². The molecule has 0 aliphatic heterocycles. The van der Waals surface area contributed by atoms with Crippen LogP contribution in [0.15, 0.2) is 22.7 Å². The van der Waals surface area contributed by atoms with Gasteiger partial charge in [0.2, 0.25) is 0 Å². The lowest BCUT2D eigenvalue weighted by molar-refractivity contribution is 0.436. The summed E-state index contributed by atoms with van der Waals surface area (Å²) < 4.78 is 5.42. The SMILES string of the molecule is Cc1nc(C)c(-c2onc(N)c2-c2ccc(Cl)c(Cl)c2)s1. The second-order valence-electron chi connectivity index (χ2n) is 4.55. The van der Waals surface area contributed by atoms with Gasteiger partial charge in [-0.15, -0.1) is 11.3 Å². The number of benzene rings is 1. The standard InChI is InChI=1S/C14H11Cl2N3OS/c1-6-13(21-7(2)18-6)12-11(14(17)19-20-12)8-3-4-9(15)10(16)5-8/h3-5H,1-2H3,(H2,17,19). The molecule has 0 aliphatic rings. The van der Waals surface area contributed by atoms with Gasteiger partial charge in [0.15, 0.2) is 11.6 Å². The van der Waals surface area contributed by atoms with Gasteiger partial charge in [-0.2, -0.15) is 0 Å². The molecule has 0 fully saturated rings. The minimum absolute atomic E-state index is 0.314. The van der Waals surface area contributed by atoms with Gasteiger partial charge in [-0.25, -0.2) is 4.98 Å². The molecule has 0 aliphatic carbocycles. The van der Waals surface area contributed by atoms with Crippen molar-refractivity contribution in [1.82, 2.24) is 10.1 Å². The van der Waals surface area contributed by atoms with Gasteiger partial charge in [0.25, 0.3) is 0 Å². The maximum atomic E-state index is 6.08. The Balaban J connectivity index is 2.21. The van der Waals surface area contributed by atoms with Crippen LogP contribution in [0.25, 0.3) is 21.8 Å². The highest BCUT2D eigenvalue weighted by molar-refractivity contribution is 7.15. The Morgan fingerprint density at radius 2 is 1.95 bits per heavy atom. The highest BCUT2D eigenvalue weighted by Crippen LogP contribution is 2.41. The minimum atomic E-state index is 0.314. The summed E-state index contributed by atoms with van der Waals surface area (Å²) >= 11 is 13.6. The Labute approximate surface area is 135 Å². The number of halogens is 2. The molecule has 2 N–H and O–H groups in total. The zero-order valence-electron chi connectivity index (χ0n) is 11.3. The summed E-state index contributed by atoms with van der Waals surface area (Å²) in [6.45, 7) is 3.87. The summed E-state index contributed by atoms with van der Waals surface area (Å²) in [5.41, 5.74) is 8.36. The van der Waals surface area contributed by atoms with Crippen molar-refractivity contribution in [2.75, 3.05) is 5.73 Å². The van der Waals surface area contributed by atoms with Crippen molar-refractivity contribution in [1.29, 1.82) is 0 Å². The van der Waals surface area contributed by atoms with Crippen molar-refractivity contribution >= 4 is 40.4 Å². The number of hydrogen-bond donors (Lipinski definition) is 1. The van der Waals surface area contributed by atoms with E-state index in [0.29, 0.717) is 27.2 Å². The molecule has 0 unspecified atom stereocenters. The third-order valence-corrected chi connectivity index (χ3v) is 4.85. The van der Waals surface area contributed by atoms with Crippen molar-refractivity contribution in [2.24, 2.45) is 0 Å². The van der Waals surface area contributed by atoms with Gasteiger partial charge in [0.05, 0.1) is 31.2 Å². The number of rotatable bonds is 2. The molecule has 108 valence electrons. The Kier molecular flexibility index (Phi) is 3.65. The summed E-state index contributed by atoms with van der Waals surface area (Å²) in [6.07, 6.45) is 0. The zero-order chi connectivity index (χ0) is 15.1. The van der Waals surface area contributed by atoms with Gasteiger partial charge in [-0.1, -0.05) is 34.4 Å². The van der Waals surface area contributed by atoms with Crippen LogP contribution in [0, 0.1) is 13.8 Å². The van der Waals surface area contributed by atoms with Crippen LogP contribution in [0.1, 0.15) is 10.7 Å². The summed E-state index contributed by atoms with van der Waals surface area (Å²) in [7, 11) is 0. The van der Waals surface area contributed by atoms with Crippen LogP contribution in [-0.4, -0.2) is 10.1 Å². The second-order valence-corrected chi connectivity index (χ2v) is 6.57. The number of nitrogen functional groups attached to an aromatic ring is 1.